The summed E-state index contributed by atoms with van der Waals surface area (Å²) in [6.07, 6.45) is 3.01. The lowest BCUT2D eigenvalue weighted by Crippen LogP contribution is -2.38. The number of guanidine groups is 1. The number of ether oxygens (including phenoxy) is 3. The number of methoxy groups -OCH3 is 1. The van der Waals surface area contributed by atoms with Gasteiger partial charge in [0, 0.05) is 39.3 Å². The van der Waals surface area contributed by atoms with Gasteiger partial charge in [0.15, 0.2) is 5.96 Å². The molecule has 0 saturated carbocycles. The Kier molecular flexibility index (Phi) is 16.4. The van der Waals surface area contributed by atoms with Crippen LogP contribution in [0.5, 0.6) is 11.5 Å². The molecule has 0 aliphatic heterocycles. The lowest BCUT2D eigenvalue weighted by molar-refractivity contribution is 0.143. The summed E-state index contributed by atoms with van der Waals surface area (Å²) in [5.74, 6) is 2.55. The van der Waals surface area contributed by atoms with E-state index in [2.05, 4.69) is 22.5 Å². The number of rotatable bonds is 13. The third-order valence-corrected chi connectivity index (χ3v) is 3.46. The van der Waals surface area contributed by atoms with Crippen LogP contribution in [-0.4, -0.2) is 52.5 Å². The SMILES string of the molecule is CCNC(=NCCCOc1ccc(OC)cc1)NCCCCOCC.I. The monoisotopic (exact) mass is 479 g/mol. The summed E-state index contributed by atoms with van der Waals surface area (Å²) < 4.78 is 16.2. The van der Waals surface area contributed by atoms with E-state index in [9.17, 15) is 0 Å². The minimum Gasteiger partial charge on any atom is -0.497 e. The molecule has 0 aromatic heterocycles. The first-order valence-electron chi connectivity index (χ1n) is 9.17. The van der Waals surface area contributed by atoms with Crippen molar-refractivity contribution in [1.29, 1.82) is 0 Å². The molecule has 0 aliphatic carbocycles. The Labute approximate surface area is 175 Å². The fourth-order valence-corrected chi connectivity index (χ4v) is 2.14. The highest BCUT2D eigenvalue weighted by Gasteiger charge is 1.98. The van der Waals surface area contributed by atoms with E-state index in [1.54, 1.807) is 7.11 Å². The Hall–Kier alpha value is -1.22. The summed E-state index contributed by atoms with van der Waals surface area (Å²) in [6.45, 7) is 8.83. The molecule has 6 nitrogen and oxygen atoms in total. The van der Waals surface area contributed by atoms with Crippen LogP contribution in [0.25, 0.3) is 0 Å². The summed E-state index contributed by atoms with van der Waals surface area (Å²) >= 11 is 0. The molecule has 0 spiro atoms. The number of aliphatic imine (C=N–C) groups is 1. The first kappa shape index (κ1) is 24.8. The second-order valence-corrected chi connectivity index (χ2v) is 5.47. The maximum Gasteiger partial charge on any atom is 0.191 e. The molecule has 0 saturated heterocycles. The van der Waals surface area contributed by atoms with Crippen LogP contribution in [0.2, 0.25) is 0 Å². The number of nitrogens with one attached hydrogen (secondary N) is 2. The van der Waals surface area contributed by atoms with Crippen molar-refractivity contribution in [1.82, 2.24) is 10.6 Å². The van der Waals surface area contributed by atoms with E-state index >= 15 is 0 Å². The number of benzene rings is 1. The third kappa shape index (κ3) is 12.2. The van der Waals surface area contributed by atoms with Crippen molar-refractivity contribution >= 4 is 29.9 Å². The summed E-state index contributed by atoms with van der Waals surface area (Å²) in [7, 11) is 1.66. The predicted molar refractivity (Wildman–Crippen MR) is 118 cm³/mol. The number of halogens is 1. The van der Waals surface area contributed by atoms with Gasteiger partial charge in [-0.25, -0.2) is 0 Å². The summed E-state index contributed by atoms with van der Waals surface area (Å²) in [5.41, 5.74) is 0. The van der Waals surface area contributed by atoms with E-state index in [-0.39, 0.29) is 24.0 Å². The Morgan fingerprint density at radius 1 is 0.962 bits per heavy atom. The molecule has 0 heterocycles. The van der Waals surface area contributed by atoms with Crippen LogP contribution in [0.15, 0.2) is 29.3 Å². The minimum atomic E-state index is 0. The Bertz CT molecular complexity index is 470. The number of hydrogen-bond donors (Lipinski definition) is 2. The van der Waals surface area contributed by atoms with Gasteiger partial charge in [-0.2, -0.15) is 0 Å². The van der Waals surface area contributed by atoms with E-state index in [4.69, 9.17) is 14.2 Å². The van der Waals surface area contributed by atoms with E-state index in [1.165, 1.54) is 0 Å². The van der Waals surface area contributed by atoms with Gasteiger partial charge in [-0.05, 0) is 51.0 Å². The summed E-state index contributed by atoms with van der Waals surface area (Å²) in [6, 6.07) is 7.62. The molecule has 150 valence electrons. The Balaban J connectivity index is 0.00000625. The second-order valence-electron chi connectivity index (χ2n) is 5.47. The van der Waals surface area contributed by atoms with E-state index < -0.39 is 0 Å². The highest BCUT2D eigenvalue weighted by Crippen LogP contribution is 2.16. The van der Waals surface area contributed by atoms with Crippen LogP contribution >= 0.6 is 24.0 Å². The molecular formula is C19H34IN3O3. The molecule has 0 atom stereocenters. The van der Waals surface area contributed by atoms with Crippen molar-refractivity contribution in [3.8, 4) is 11.5 Å². The van der Waals surface area contributed by atoms with Crippen LogP contribution < -0.4 is 20.1 Å². The quantitative estimate of drug-likeness (QED) is 0.196. The molecule has 2 N–H and O–H groups in total. The number of unbranched alkanes of at least 4 members (excludes halogenated alkanes) is 1. The maximum absolute atomic E-state index is 5.70. The molecule has 0 fully saturated rings. The zero-order valence-electron chi connectivity index (χ0n) is 16.3. The number of nitrogens with zero attached hydrogens (tertiary/aromatic N) is 1. The van der Waals surface area contributed by atoms with Crippen LogP contribution in [0.3, 0.4) is 0 Å². The highest BCUT2D eigenvalue weighted by atomic mass is 127. The van der Waals surface area contributed by atoms with Crippen molar-refractivity contribution < 1.29 is 14.2 Å². The van der Waals surface area contributed by atoms with Gasteiger partial charge in [0.05, 0.1) is 13.7 Å². The van der Waals surface area contributed by atoms with Crippen LogP contribution in [0, 0.1) is 0 Å². The van der Waals surface area contributed by atoms with Gasteiger partial charge < -0.3 is 24.8 Å². The topological polar surface area (TPSA) is 64.1 Å². The summed E-state index contributed by atoms with van der Waals surface area (Å²) in [5, 5.41) is 6.61. The predicted octanol–water partition coefficient (Wildman–Crippen LogP) is 3.45. The molecule has 0 bridgehead atoms. The molecule has 0 radical (unpaired) electrons. The Morgan fingerprint density at radius 2 is 1.69 bits per heavy atom. The van der Waals surface area contributed by atoms with Gasteiger partial charge >= 0.3 is 0 Å². The zero-order valence-corrected chi connectivity index (χ0v) is 18.6. The van der Waals surface area contributed by atoms with Crippen molar-refractivity contribution in [3.05, 3.63) is 24.3 Å². The smallest absolute Gasteiger partial charge is 0.191 e. The summed E-state index contributed by atoms with van der Waals surface area (Å²) in [4.78, 5) is 4.57. The molecule has 1 aromatic rings. The molecule has 0 aliphatic rings. The first-order chi connectivity index (χ1) is 12.3. The largest absolute Gasteiger partial charge is 0.497 e. The molecule has 1 aromatic carbocycles. The van der Waals surface area contributed by atoms with Gasteiger partial charge in [0.2, 0.25) is 0 Å². The fraction of sp³-hybridized carbons (Fsp3) is 0.632. The van der Waals surface area contributed by atoms with Crippen LogP contribution in [0.1, 0.15) is 33.1 Å². The number of hydrogen-bond acceptors (Lipinski definition) is 4. The molecule has 7 heteroatoms. The van der Waals surface area contributed by atoms with E-state index in [0.29, 0.717) is 6.61 Å². The van der Waals surface area contributed by atoms with Crippen LogP contribution in [-0.2, 0) is 4.74 Å². The van der Waals surface area contributed by atoms with Crippen molar-refractivity contribution in [2.75, 3.05) is 46.6 Å². The van der Waals surface area contributed by atoms with Gasteiger partial charge in [-0.15, -0.1) is 24.0 Å². The minimum absolute atomic E-state index is 0. The van der Waals surface area contributed by atoms with Crippen molar-refractivity contribution in [2.24, 2.45) is 4.99 Å². The van der Waals surface area contributed by atoms with Crippen molar-refractivity contribution in [3.63, 3.8) is 0 Å². The van der Waals surface area contributed by atoms with Crippen LogP contribution in [0.4, 0.5) is 0 Å². The van der Waals surface area contributed by atoms with Gasteiger partial charge in [-0.3, -0.25) is 4.99 Å². The van der Waals surface area contributed by atoms with Gasteiger partial charge in [0.1, 0.15) is 11.5 Å². The second kappa shape index (κ2) is 17.2. The highest BCUT2D eigenvalue weighted by molar-refractivity contribution is 14.0. The van der Waals surface area contributed by atoms with Gasteiger partial charge in [-0.1, -0.05) is 0 Å². The molecule has 1 rings (SSSR count). The van der Waals surface area contributed by atoms with Gasteiger partial charge in [0.25, 0.3) is 0 Å². The molecule has 0 amide bonds. The third-order valence-electron chi connectivity index (χ3n) is 3.46. The maximum atomic E-state index is 5.70. The lowest BCUT2D eigenvalue weighted by atomic mass is 10.3. The average Bonchev–Trinajstić information content (AvgIpc) is 2.64. The lowest BCUT2D eigenvalue weighted by Gasteiger charge is -2.11. The first-order valence-corrected chi connectivity index (χ1v) is 9.17. The van der Waals surface area contributed by atoms with Crippen molar-refractivity contribution in [2.45, 2.75) is 33.1 Å². The fourth-order valence-electron chi connectivity index (χ4n) is 2.14. The Morgan fingerprint density at radius 3 is 2.35 bits per heavy atom. The molecule has 26 heavy (non-hydrogen) atoms. The molecular weight excluding hydrogens is 445 g/mol. The normalized spacial score (nSPS) is 10.8. The standard InChI is InChI=1S/C19H33N3O3.HI/c1-4-20-19(21-13-6-7-15-24-5-2)22-14-8-16-25-18-11-9-17(23-3)10-12-18;/h9-12H,4-8,13-16H2,1-3H3,(H2,20,21,22);1H. The average molecular weight is 479 g/mol. The van der Waals surface area contributed by atoms with E-state index in [1.807, 2.05) is 31.2 Å². The molecule has 0 unspecified atom stereocenters. The van der Waals surface area contributed by atoms with E-state index in [0.717, 1.165) is 69.6 Å². The zero-order chi connectivity index (χ0) is 18.2.